The summed E-state index contributed by atoms with van der Waals surface area (Å²) in [5.41, 5.74) is 1.89. The molecule has 0 saturated carbocycles. The Labute approximate surface area is 153 Å². The molecule has 0 fully saturated rings. The zero-order chi connectivity index (χ0) is 18.3. The van der Waals surface area contributed by atoms with Gasteiger partial charge in [0.15, 0.2) is 0 Å². The van der Waals surface area contributed by atoms with Crippen LogP contribution in [0.5, 0.6) is 0 Å². The summed E-state index contributed by atoms with van der Waals surface area (Å²) in [5.74, 6) is -0.324. The molecule has 0 heterocycles. The summed E-state index contributed by atoms with van der Waals surface area (Å²) in [6, 6.07) is 16.6. The number of hydrogen-bond acceptors (Lipinski definition) is 3. The summed E-state index contributed by atoms with van der Waals surface area (Å²) in [7, 11) is -3.51. The lowest BCUT2D eigenvalue weighted by atomic mass is 10.1. The van der Waals surface area contributed by atoms with E-state index in [0.717, 1.165) is 21.7 Å². The van der Waals surface area contributed by atoms with E-state index in [2.05, 4.69) is 5.32 Å². The minimum Gasteiger partial charge on any atom is -0.355 e. The van der Waals surface area contributed by atoms with E-state index in [1.807, 2.05) is 30.3 Å². The van der Waals surface area contributed by atoms with Crippen LogP contribution >= 0.6 is 11.6 Å². The van der Waals surface area contributed by atoms with Crippen LogP contribution in [-0.2, 0) is 27.8 Å². The van der Waals surface area contributed by atoms with Crippen molar-refractivity contribution in [1.29, 1.82) is 0 Å². The van der Waals surface area contributed by atoms with Gasteiger partial charge in [0.05, 0.1) is 12.8 Å². The van der Waals surface area contributed by atoms with Gasteiger partial charge in [0.25, 0.3) is 0 Å². The van der Waals surface area contributed by atoms with E-state index in [4.69, 9.17) is 11.6 Å². The van der Waals surface area contributed by atoms with Gasteiger partial charge in [-0.25, -0.2) is 8.42 Å². The molecule has 1 N–H and O–H groups in total. The van der Waals surface area contributed by atoms with Crippen LogP contribution in [0.1, 0.15) is 11.1 Å². The van der Waals surface area contributed by atoms with Gasteiger partial charge in [-0.3, -0.25) is 4.79 Å². The van der Waals surface area contributed by atoms with Crippen molar-refractivity contribution in [2.45, 2.75) is 13.0 Å². The van der Waals surface area contributed by atoms with Gasteiger partial charge in [0, 0.05) is 18.1 Å². The molecule has 134 valence electrons. The highest BCUT2D eigenvalue weighted by atomic mass is 35.5. The van der Waals surface area contributed by atoms with Gasteiger partial charge >= 0.3 is 0 Å². The van der Waals surface area contributed by atoms with Gasteiger partial charge in [0.1, 0.15) is 0 Å². The number of amides is 1. The fourth-order valence-electron chi connectivity index (χ4n) is 2.29. The Balaban J connectivity index is 1.90. The molecule has 1 amide bonds. The summed E-state index contributed by atoms with van der Waals surface area (Å²) in [4.78, 5) is 12.1. The van der Waals surface area contributed by atoms with Crippen molar-refractivity contribution >= 4 is 27.5 Å². The third kappa shape index (κ3) is 6.86. The molecular formula is C18H21ClN2O3S. The van der Waals surface area contributed by atoms with Crippen molar-refractivity contribution < 1.29 is 13.2 Å². The molecule has 25 heavy (non-hydrogen) atoms. The highest BCUT2D eigenvalue weighted by Crippen LogP contribution is 2.13. The van der Waals surface area contributed by atoms with Crippen molar-refractivity contribution in [2.75, 3.05) is 19.3 Å². The number of hydrogen-bond donors (Lipinski definition) is 1. The number of nitrogens with one attached hydrogen (secondary N) is 1. The molecule has 0 atom stereocenters. The second-order valence-corrected chi connectivity index (χ2v) is 8.16. The number of rotatable bonds is 8. The lowest BCUT2D eigenvalue weighted by Gasteiger charge is -2.19. The maximum Gasteiger partial charge on any atom is 0.235 e. The van der Waals surface area contributed by atoms with E-state index in [1.165, 1.54) is 0 Å². The smallest absolute Gasteiger partial charge is 0.235 e. The summed E-state index contributed by atoms with van der Waals surface area (Å²) < 4.78 is 25.1. The third-order valence-electron chi connectivity index (χ3n) is 3.64. The Morgan fingerprint density at radius 1 is 1.04 bits per heavy atom. The summed E-state index contributed by atoms with van der Waals surface area (Å²) in [6.45, 7) is 0.375. The normalized spacial score (nSPS) is 11.5. The first-order valence-electron chi connectivity index (χ1n) is 7.85. The molecule has 0 radical (unpaired) electrons. The minimum atomic E-state index is -3.51. The molecule has 0 spiro atoms. The average Bonchev–Trinajstić information content (AvgIpc) is 2.56. The first kappa shape index (κ1) is 19.4. The Kier molecular flexibility index (Phi) is 6.99. The van der Waals surface area contributed by atoms with Crippen molar-refractivity contribution in [3.63, 3.8) is 0 Å². The van der Waals surface area contributed by atoms with E-state index < -0.39 is 10.0 Å². The van der Waals surface area contributed by atoms with Crippen LogP contribution in [0.15, 0.2) is 54.6 Å². The van der Waals surface area contributed by atoms with E-state index in [-0.39, 0.29) is 19.0 Å². The highest BCUT2D eigenvalue weighted by molar-refractivity contribution is 7.88. The molecule has 0 saturated heterocycles. The fourth-order valence-corrected chi connectivity index (χ4v) is 3.15. The molecule has 0 unspecified atom stereocenters. The van der Waals surface area contributed by atoms with Crippen LogP contribution in [0.25, 0.3) is 0 Å². The number of sulfonamides is 1. The Bertz CT molecular complexity index is 793. The summed E-state index contributed by atoms with van der Waals surface area (Å²) in [6.07, 6.45) is 1.79. The van der Waals surface area contributed by atoms with Gasteiger partial charge < -0.3 is 5.32 Å². The van der Waals surface area contributed by atoms with Gasteiger partial charge in [-0.1, -0.05) is 54.1 Å². The molecule has 0 aromatic heterocycles. The zero-order valence-electron chi connectivity index (χ0n) is 14.0. The maximum absolute atomic E-state index is 12.1. The lowest BCUT2D eigenvalue weighted by Crippen LogP contribution is -2.40. The van der Waals surface area contributed by atoms with Gasteiger partial charge in [0.2, 0.25) is 15.9 Å². The van der Waals surface area contributed by atoms with E-state index in [1.54, 1.807) is 24.3 Å². The molecular weight excluding hydrogens is 360 g/mol. The third-order valence-corrected chi connectivity index (χ3v) is 5.09. The van der Waals surface area contributed by atoms with Crippen molar-refractivity contribution in [3.8, 4) is 0 Å². The number of nitrogens with zero attached hydrogens (tertiary/aromatic N) is 1. The van der Waals surface area contributed by atoms with Crippen LogP contribution < -0.4 is 5.32 Å². The Morgan fingerprint density at radius 2 is 1.68 bits per heavy atom. The fraction of sp³-hybridized carbons (Fsp3) is 0.278. The molecule has 0 aliphatic rings. The molecule has 7 heteroatoms. The molecule has 2 rings (SSSR count). The van der Waals surface area contributed by atoms with Crippen molar-refractivity contribution in [1.82, 2.24) is 9.62 Å². The molecule has 0 aliphatic heterocycles. The predicted octanol–water partition coefficient (Wildman–Crippen LogP) is 2.46. The quantitative estimate of drug-likeness (QED) is 0.765. The second kappa shape index (κ2) is 8.99. The summed E-state index contributed by atoms with van der Waals surface area (Å²) in [5, 5.41) is 3.34. The largest absolute Gasteiger partial charge is 0.355 e. The Hall–Kier alpha value is -1.89. The standard InChI is InChI=1S/C18H21ClN2O3S/c1-25(23,24)21(13-16-7-9-17(19)10-8-16)14-18(22)20-12-11-15-5-3-2-4-6-15/h2-10H,11-14H2,1H3,(H,20,22). The number of carbonyl (C=O) groups excluding carboxylic acids is 1. The molecule has 0 bridgehead atoms. The Morgan fingerprint density at radius 3 is 2.28 bits per heavy atom. The molecule has 0 aliphatic carbocycles. The van der Waals surface area contributed by atoms with Crippen molar-refractivity contribution in [2.24, 2.45) is 0 Å². The van der Waals surface area contributed by atoms with Crippen LogP contribution in [0.4, 0.5) is 0 Å². The van der Waals surface area contributed by atoms with Gasteiger partial charge in [-0.05, 0) is 29.7 Å². The molecule has 5 nitrogen and oxygen atoms in total. The van der Waals surface area contributed by atoms with Crippen LogP contribution in [0, 0.1) is 0 Å². The first-order chi connectivity index (χ1) is 11.8. The first-order valence-corrected chi connectivity index (χ1v) is 10.1. The summed E-state index contributed by atoms with van der Waals surface area (Å²) >= 11 is 5.83. The van der Waals surface area contributed by atoms with Crippen molar-refractivity contribution in [3.05, 3.63) is 70.7 Å². The van der Waals surface area contributed by atoms with Gasteiger partial charge in [-0.15, -0.1) is 0 Å². The number of carbonyl (C=O) groups is 1. The minimum absolute atomic E-state index is 0.127. The van der Waals surface area contributed by atoms with E-state index in [0.29, 0.717) is 18.0 Å². The van der Waals surface area contributed by atoms with Gasteiger partial charge in [-0.2, -0.15) is 4.31 Å². The zero-order valence-corrected chi connectivity index (χ0v) is 15.6. The second-order valence-electron chi connectivity index (χ2n) is 5.74. The molecule has 2 aromatic carbocycles. The monoisotopic (exact) mass is 380 g/mol. The van der Waals surface area contributed by atoms with E-state index in [9.17, 15) is 13.2 Å². The predicted molar refractivity (Wildman–Crippen MR) is 99.9 cm³/mol. The van der Waals surface area contributed by atoms with Crippen LogP contribution in [0.2, 0.25) is 5.02 Å². The topological polar surface area (TPSA) is 66.5 Å². The highest BCUT2D eigenvalue weighted by Gasteiger charge is 2.20. The van der Waals surface area contributed by atoms with E-state index >= 15 is 0 Å². The lowest BCUT2D eigenvalue weighted by molar-refractivity contribution is -0.121. The SMILES string of the molecule is CS(=O)(=O)N(CC(=O)NCCc1ccccc1)Cc1ccc(Cl)cc1. The van der Waals surface area contributed by atoms with Crippen LogP contribution in [0.3, 0.4) is 0 Å². The number of halogens is 1. The average molecular weight is 381 g/mol. The van der Waals surface area contributed by atoms with Crippen LogP contribution in [-0.4, -0.2) is 38.0 Å². The maximum atomic E-state index is 12.1. The number of benzene rings is 2. The molecule has 2 aromatic rings.